The number of amides is 2. The van der Waals surface area contributed by atoms with Crippen molar-refractivity contribution in [2.45, 2.75) is 20.8 Å². The van der Waals surface area contributed by atoms with Crippen LogP contribution in [0.2, 0.25) is 0 Å². The molecule has 0 radical (unpaired) electrons. The number of hydrogen-bond acceptors (Lipinski definition) is 3. The van der Waals surface area contributed by atoms with Crippen molar-refractivity contribution < 1.29 is 9.59 Å². The number of thiophene rings is 1. The van der Waals surface area contributed by atoms with Crippen LogP contribution in [0.15, 0.2) is 65.7 Å². The maximum Gasteiger partial charge on any atom is 0.272 e. The van der Waals surface area contributed by atoms with Crippen molar-refractivity contribution in [2.75, 3.05) is 5.32 Å². The number of anilines is 1. The third kappa shape index (κ3) is 4.96. The third-order valence-corrected chi connectivity index (χ3v) is 5.06. The number of hydrogen-bond donors (Lipinski definition) is 2. The summed E-state index contributed by atoms with van der Waals surface area (Å²) in [6, 6.07) is 16.9. The number of aryl methyl sites for hydroxylation is 3. The maximum atomic E-state index is 12.9. The summed E-state index contributed by atoms with van der Waals surface area (Å²) < 4.78 is 0. The van der Waals surface area contributed by atoms with E-state index in [1.165, 1.54) is 11.3 Å². The topological polar surface area (TPSA) is 58.2 Å². The molecule has 3 aromatic rings. The number of rotatable bonds is 5. The quantitative estimate of drug-likeness (QED) is 0.597. The lowest BCUT2D eigenvalue weighted by atomic mass is 10.1. The summed E-state index contributed by atoms with van der Waals surface area (Å²) in [7, 11) is 0. The van der Waals surface area contributed by atoms with E-state index in [1.807, 2.05) is 68.6 Å². The fourth-order valence-electron chi connectivity index (χ4n) is 2.71. The van der Waals surface area contributed by atoms with Crippen molar-refractivity contribution in [3.05, 3.63) is 92.8 Å². The SMILES string of the molecule is Cc1cccc(C(=O)N/C(=C\c2cccs2)C(=O)Nc2cc(C)ccc2C)c1. The van der Waals surface area contributed by atoms with Gasteiger partial charge in [-0.2, -0.15) is 0 Å². The molecule has 0 spiro atoms. The van der Waals surface area contributed by atoms with E-state index in [4.69, 9.17) is 0 Å². The van der Waals surface area contributed by atoms with Crippen LogP contribution in [0, 0.1) is 20.8 Å². The lowest BCUT2D eigenvalue weighted by Gasteiger charge is -2.13. The van der Waals surface area contributed by atoms with E-state index in [9.17, 15) is 9.59 Å². The van der Waals surface area contributed by atoms with Crippen molar-refractivity contribution in [1.29, 1.82) is 0 Å². The van der Waals surface area contributed by atoms with E-state index in [0.29, 0.717) is 5.56 Å². The summed E-state index contributed by atoms with van der Waals surface area (Å²) in [6.07, 6.45) is 1.69. The Morgan fingerprint density at radius 1 is 0.929 bits per heavy atom. The van der Waals surface area contributed by atoms with Crippen LogP contribution in [-0.2, 0) is 4.79 Å². The van der Waals surface area contributed by atoms with Gasteiger partial charge in [-0.05, 0) is 67.6 Å². The average Bonchev–Trinajstić information content (AvgIpc) is 3.17. The molecule has 142 valence electrons. The summed E-state index contributed by atoms with van der Waals surface area (Å²) in [5, 5.41) is 7.61. The van der Waals surface area contributed by atoms with Crippen LogP contribution in [0.3, 0.4) is 0 Å². The van der Waals surface area contributed by atoms with Crippen molar-refractivity contribution in [3.8, 4) is 0 Å². The normalized spacial score (nSPS) is 11.2. The highest BCUT2D eigenvalue weighted by atomic mass is 32.1. The molecule has 2 N–H and O–H groups in total. The van der Waals surface area contributed by atoms with Crippen LogP contribution in [0.1, 0.15) is 31.9 Å². The zero-order chi connectivity index (χ0) is 20.1. The highest BCUT2D eigenvalue weighted by Gasteiger charge is 2.16. The predicted molar refractivity (Wildman–Crippen MR) is 115 cm³/mol. The van der Waals surface area contributed by atoms with Crippen LogP contribution in [-0.4, -0.2) is 11.8 Å². The second kappa shape index (κ2) is 8.67. The van der Waals surface area contributed by atoms with Gasteiger partial charge < -0.3 is 10.6 Å². The molecular weight excluding hydrogens is 368 g/mol. The van der Waals surface area contributed by atoms with Gasteiger partial charge in [0.25, 0.3) is 11.8 Å². The van der Waals surface area contributed by atoms with Crippen LogP contribution < -0.4 is 10.6 Å². The third-order valence-electron chi connectivity index (χ3n) is 4.24. The Morgan fingerprint density at radius 2 is 1.71 bits per heavy atom. The zero-order valence-corrected chi connectivity index (χ0v) is 16.9. The average molecular weight is 391 g/mol. The molecule has 2 amide bonds. The Bertz CT molecular complexity index is 1040. The highest BCUT2D eigenvalue weighted by molar-refractivity contribution is 7.10. The molecule has 0 unspecified atom stereocenters. The molecule has 1 heterocycles. The molecule has 3 rings (SSSR count). The smallest absolute Gasteiger partial charge is 0.272 e. The lowest BCUT2D eigenvalue weighted by Crippen LogP contribution is -2.31. The molecule has 0 aliphatic carbocycles. The monoisotopic (exact) mass is 390 g/mol. The van der Waals surface area contributed by atoms with Gasteiger partial charge in [-0.3, -0.25) is 9.59 Å². The van der Waals surface area contributed by atoms with Gasteiger partial charge in [0.15, 0.2) is 0 Å². The molecule has 0 aliphatic heterocycles. The first-order valence-corrected chi connectivity index (χ1v) is 9.82. The first-order valence-electron chi connectivity index (χ1n) is 8.94. The molecule has 5 heteroatoms. The first-order chi connectivity index (χ1) is 13.4. The fraction of sp³-hybridized carbons (Fsp3) is 0.130. The van der Waals surface area contributed by atoms with Gasteiger partial charge in [0, 0.05) is 16.1 Å². The number of nitrogens with one attached hydrogen (secondary N) is 2. The van der Waals surface area contributed by atoms with Gasteiger partial charge in [0.2, 0.25) is 0 Å². The molecule has 0 aliphatic rings. The Balaban J connectivity index is 1.88. The van der Waals surface area contributed by atoms with Crippen LogP contribution >= 0.6 is 11.3 Å². The van der Waals surface area contributed by atoms with Crippen molar-refractivity contribution in [2.24, 2.45) is 0 Å². The Morgan fingerprint density at radius 3 is 2.43 bits per heavy atom. The van der Waals surface area contributed by atoms with E-state index in [1.54, 1.807) is 18.2 Å². The van der Waals surface area contributed by atoms with E-state index in [-0.39, 0.29) is 17.5 Å². The minimum atomic E-state index is -0.358. The van der Waals surface area contributed by atoms with Gasteiger partial charge >= 0.3 is 0 Å². The number of carbonyl (C=O) groups is 2. The van der Waals surface area contributed by atoms with E-state index < -0.39 is 0 Å². The van der Waals surface area contributed by atoms with Gasteiger partial charge in [0.05, 0.1) is 0 Å². The molecule has 2 aromatic carbocycles. The summed E-state index contributed by atoms with van der Waals surface area (Å²) in [4.78, 5) is 26.5. The highest BCUT2D eigenvalue weighted by Crippen LogP contribution is 2.19. The molecule has 0 saturated heterocycles. The molecule has 0 bridgehead atoms. The van der Waals surface area contributed by atoms with Crippen LogP contribution in [0.4, 0.5) is 5.69 Å². The molecule has 0 fully saturated rings. The summed E-state index contributed by atoms with van der Waals surface area (Å²) in [6.45, 7) is 5.83. The Hall–Kier alpha value is -3.18. The summed E-state index contributed by atoms with van der Waals surface area (Å²) >= 11 is 1.50. The standard InChI is InChI=1S/C23H22N2O2S/c1-15-6-4-7-18(12-15)22(26)25-21(14-19-8-5-11-28-19)23(27)24-20-13-16(2)9-10-17(20)3/h4-14H,1-3H3,(H,24,27)(H,25,26)/b21-14-. The molecular formula is C23H22N2O2S. The van der Waals surface area contributed by atoms with Gasteiger partial charge in [0.1, 0.15) is 5.70 Å². The van der Waals surface area contributed by atoms with E-state index in [0.717, 1.165) is 27.3 Å². The summed E-state index contributed by atoms with van der Waals surface area (Å²) in [5.74, 6) is -0.675. The number of benzene rings is 2. The van der Waals surface area contributed by atoms with E-state index in [2.05, 4.69) is 10.6 Å². The summed E-state index contributed by atoms with van der Waals surface area (Å²) in [5.41, 5.74) is 4.43. The Labute approximate surface area is 168 Å². The molecule has 0 saturated carbocycles. The number of carbonyl (C=O) groups excluding carboxylic acids is 2. The molecule has 28 heavy (non-hydrogen) atoms. The lowest BCUT2D eigenvalue weighted by molar-refractivity contribution is -0.113. The van der Waals surface area contributed by atoms with Crippen LogP contribution in [0.25, 0.3) is 6.08 Å². The predicted octanol–water partition coefficient (Wildman–Crippen LogP) is 5.08. The second-order valence-corrected chi connectivity index (χ2v) is 7.65. The molecule has 1 aromatic heterocycles. The van der Waals surface area contributed by atoms with Crippen molar-refractivity contribution in [1.82, 2.24) is 5.32 Å². The van der Waals surface area contributed by atoms with Crippen molar-refractivity contribution >= 4 is 34.9 Å². The van der Waals surface area contributed by atoms with Crippen LogP contribution in [0.5, 0.6) is 0 Å². The van der Waals surface area contributed by atoms with E-state index >= 15 is 0 Å². The minimum absolute atomic E-state index is 0.204. The maximum absolute atomic E-state index is 12.9. The molecule has 0 atom stereocenters. The fourth-order valence-corrected chi connectivity index (χ4v) is 3.37. The van der Waals surface area contributed by atoms with Gasteiger partial charge in [-0.15, -0.1) is 11.3 Å². The van der Waals surface area contributed by atoms with Gasteiger partial charge in [-0.25, -0.2) is 0 Å². The van der Waals surface area contributed by atoms with Gasteiger partial charge in [-0.1, -0.05) is 35.9 Å². The minimum Gasteiger partial charge on any atom is -0.320 e. The zero-order valence-electron chi connectivity index (χ0n) is 16.1. The Kier molecular flexibility index (Phi) is 6.06. The first kappa shape index (κ1) is 19.6. The second-order valence-electron chi connectivity index (χ2n) is 6.67. The van der Waals surface area contributed by atoms with Crippen molar-refractivity contribution in [3.63, 3.8) is 0 Å². The molecule has 4 nitrogen and oxygen atoms in total. The largest absolute Gasteiger partial charge is 0.320 e.